The Labute approximate surface area is 117 Å². The summed E-state index contributed by atoms with van der Waals surface area (Å²) >= 11 is 0. The zero-order valence-corrected chi connectivity index (χ0v) is 12.1. The number of aryl methyl sites for hydroxylation is 1. The number of hydrogen-bond donors (Lipinski definition) is 2. The van der Waals surface area contributed by atoms with Crippen molar-refractivity contribution >= 4 is 28.1 Å². The smallest absolute Gasteiger partial charge is 0.269 e. The number of halogens is 1. The van der Waals surface area contributed by atoms with Crippen LogP contribution in [0.15, 0.2) is 23.1 Å². The van der Waals surface area contributed by atoms with Crippen LogP contribution in [0.25, 0.3) is 0 Å². The van der Waals surface area contributed by atoms with Crippen molar-refractivity contribution in [3.63, 3.8) is 0 Å². The molecule has 1 atom stereocenters. The summed E-state index contributed by atoms with van der Waals surface area (Å²) in [7, 11) is -3.70. The summed E-state index contributed by atoms with van der Waals surface area (Å²) in [6.07, 6.45) is 0. The van der Waals surface area contributed by atoms with Gasteiger partial charge in [-0.25, -0.2) is 13.1 Å². The van der Waals surface area contributed by atoms with E-state index in [0.717, 1.165) is 6.07 Å². The van der Waals surface area contributed by atoms with Gasteiger partial charge in [0.2, 0.25) is 10.0 Å². The second kappa shape index (κ2) is 6.80. The minimum atomic E-state index is -3.70. The fourth-order valence-electron chi connectivity index (χ4n) is 1.43. The SMILES string of the molecule is Cc1cc([N+](=O)[O-])ccc1S(=O)(=O)N[C@H](C)CN.Cl. The van der Waals surface area contributed by atoms with E-state index >= 15 is 0 Å². The molecule has 0 saturated carbocycles. The number of nitro groups is 1. The molecule has 7 nitrogen and oxygen atoms in total. The van der Waals surface area contributed by atoms with E-state index in [2.05, 4.69) is 4.72 Å². The van der Waals surface area contributed by atoms with Gasteiger partial charge in [0.05, 0.1) is 9.82 Å². The molecule has 19 heavy (non-hydrogen) atoms. The van der Waals surface area contributed by atoms with Crippen LogP contribution >= 0.6 is 12.4 Å². The van der Waals surface area contributed by atoms with E-state index < -0.39 is 21.0 Å². The molecule has 1 rings (SSSR count). The lowest BCUT2D eigenvalue weighted by atomic mass is 10.2. The van der Waals surface area contributed by atoms with Gasteiger partial charge in [-0.1, -0.05) is 0 Å². The van der Waals surface area contributed by atoms with E-state index in [-0.39, 0.29) is 29.5 Å². The van der Waals surface area contributed by atoms with Crippen LogP contribution in [0, 0.1) is 17.0 Å². The summed E-state index contributed by atoms with van der Waals surface area (Å²) in [5.41, 5.74) is 5.52. The average molecular weight is 310 g/mol. The van der Waals surface area contributed by atoms with Crippen molar-refractivity contribution in [3.05, 3.63) is 33.9 Å². The number of hydrogen-bond acceptors (Lipinski definition) is 5. The van der Waals surface area contributed by atoms with E-state index in [9.17, 15) is 18.5 Å². The molecule has 0 bridgehead atoms. The normalized spacial score (nSPS) is 12.6. The predicted molar refractivity (Wildman–Crippen MR) is 73.9 cm³/mol. The molecular formula is C10H16ClN3O4S. The third kappa shape index (κ3) is 4.43. The molecule has 0 aliphatic carbocycles. The van der Waals surface area contributed by atoms with Crippen LogP contribution in [0.3, 0.4) is 0 Å². The fraction of sp³-hybridized carbons (Fsp3) is 0.400. The highest BCUT2D eigenvalue weighted by Gasteiger charge is 2.20. The number of rotatable bonds is 5. The van der Waals surface area contributed by atoms with E-state index in [4.69, 9.17) is 5.73 Å². The minimum absolute atomic E-state index is 0. The van der Waals surface area contributed by atoms with Gasteiger partial charge in [0.25, 0.3) is 5.69 Å². The first-order valence-corrected chi connectivity index (χ1v) is 6.73. The third-order valence-electron chi connectivity index (χ3n) is 2.37. The second-order valence-corrected chi connectivity index (χ2v) is 5.65. The Morgan fingerprint density at radius 1 is 1.47 bits per heavy atom. The Morgan fingerprint density at radius 3 is 2.47 bits per heavy atom. The average Bonchev–Trinajstić information content (AvgIpc) is 2.27. The van der Waals surface area contributed by atoms with Gasteiger partial charge >= 0.3 is 0 Å². The number of sulfonamides is 1. The maximum Gasteiger partial charge on any atom is 0.269 e. The first-order chi connectivity index (χ1) is 8.27. The lowest BCUT2D eigenvalue weighted by Crippen LogP contribution is -2.38. The Bertz CT molecular complexity index is 562. The molecule has 0 aliphatic heterocycles. The predicted octanol–water partition coefficient (Wildman–Crippen LogP) is 0.951. The first kappa shape index (κ1) is 17.8. The Kier molecular flexibility index (Phi) is 6.37. The van der Waals surface area contributed by atoms with Crippen LogP contribution in [-0.2, 0) is 10.0 Å². The van der Waals surface area contributed by atoms with Crippen molar-refractivity contribution in [2.75, 3.05) is 6.54 Å². The number of nitrogens with zero attached hydrogens (tertiary/aromatic N) is 1. The van der Waals surface area contributed by atoms with Gasteiger partial charge in [0.15, 0.2) is 0 Å². The highest BCUT2D eigenvalue weighted by atomic mass is 35.5. The number of non-ortho nitro benzene ring substituents is 1. The van der Waals surface area contributed by atoms with Crippen molar-refractivity contribution in [2.24, 2.45) is 5.73 Å². The van der Waals surface area contributed by atoms with Crippen LogP contribution in [0.1, 0.15) is 12.5 Å². The molecule has 108 valence electrons. The molecule has 1 aromatic carbocycles. The Balaban J connectivity index is 0.00000324. The van der Waals surface area contributed by atoms with Crippen molar-refractivity contribution in [2.45, 2.75) is 24.8 Å². The van der Waals surface area contributed by atoms with Crippen molar-refractivity contribution < 1.29 is 13.3 Å². The second-order valence-electron chi connectivity index (χ2n) is 3.96. The van der Waals surface area contributed by atoms with E-state index in [1.807, 2.05) is 0 Å². The highest BCUT2D eigenvalue weighted by Crippen LogP contribution is 2.21. The topological polar surface area (TPSA) is 115 Å². The Hall–Kier alpha value is -1.22. The zero-order valence-electron chi connectivity index (χ0n) is 10.5. The molecular weight excluding hydrogens is 294 g/mol. The maximum atomic E-state index is 12.0. The molecule has 0 aromatic heterocycles. The Morgan fingerprint density at radius 2 is 2.05 bits per heavy atom. The van der Waals surface area contributed by atoms with Gasteiger partial charge in [-0.05, 0) is 25.5 Å². The minimum Gasteiger partial charge on any atom is -0.329 e. The van der Waals surface area contributed by atoms with Gasteiger partial charge in [0, 0.05) is 24.7 Å². The number of benzene rings is 1. The monoisotopic (exact) mass is 309 g/mol. The molecule has 0 radical (unpaired) electrons. The lowest BCUT2D eigenvalue weighted by Gasteiger charge is -2.13. The van der Waals surface area contributed by atoms with Gasteiger partial charge in [-0.15, -0.1) is 12.4 Å². The van der Waals surface area contributed by atoms with Crippen LogP contribution in [0.5, 0.6) is 0 Å². The van der Waals surface area contributed by atoms with Crippen molar-refractivity contribution in [3.8, 4) is 0 Å². The van der Waals surface area contributed by atoms with Crippen LogP contribution in [0.2, 0.25) is 0 Å². The van der Waals surface area contributed by atoms with Crippen LogP contribution in [-0.4, -0.2) is 25.9 Å². The van der Waals surface area contributed by atoms with Gasteiger partial charge in [-0.2, -0.15) is 0 Å². The molecule has 1 aromatic rings. The highest BCUT2D eigenvalue weighted by molar-refractivity contribution is 7.89. The summed E-state index contributed by atoms with van der Waals surface area (Å²) in [4.78, 5) is 10.0. The summed E-state index contributed by atoms with van der Waals surface area (Å²) < 4.78 is 26.3. The lowest BCUT2D eigenvalue weighted by molar-refractivity contribution is -0.385. The van der Waals surface area contributed by atoms with E-state index in [1.54, 1.807) is 6.92 Å². The summed E-state index contributed by atoms with van der Waals surface area (Å²) in [6.45, 7) is 3.32. The fourth-order valence-corrected chi connectivity index (χ4v) is 2.91. The molecule has 0 saturated heterocycles. The van der Waals surface area contributed by atoms with Crippen LogP contribution in [0.4, 0.5) is 5.69 Å². The van der Waals surface area contributed by atoms with E-state index in [0.29, 0.717) is 5.56 Å². The standard InChI is InChI=1S/C10H15N3O4S.ClH/c1-7-5-9(13(14)15)3-4-10(7)18(16,17)12-8(2)6-11;/h3-5,8,12H,6,11H2,1-2H3;1H/t8-;/m1./s1. The number of nitrogens with one attached hydrogen (secondary N) is 1. The molecule has 0 heterocycles. The van der Waals surface area contributed by atoms with Crippen molar-refractivity contribution in [1.29, 1.82) is 0 Å². The zero-order chi connectivity index (χ0) is 13.9. The largest absolute Gasteiger partial charge is 0.329 e. The van der Waals surface area contributed by atoms with Gasteiger partial charge in [-0.3, -0.25) is 10.1 Å². The molecule has 0 spiro atoms. The molecule has 0 fully saturated rings. The summed E-state index contributed by atoms with van der Waals surface area (Å²) in [5.74, 6) is 0. The number of nitrogens with two attached hydrogens (primary N) is 1. The van der Waals surface area contributed by atoms with Crippen LogP contribution < -0.4 is 10.5 Å². The maximum absolute atomic E-state index is 12.0. The first-order valence-electron chi connectivity index (χ1n) is 5.25. The van der Waals surface area contributed by atoms with Gasteiger partial charge in [0.1, 0.15) is 0 Å². The van der Waals surface area contributed by atoms with Crippen molar-refractivity contribution in [1.82, 2.24) is 4.72 Å². The third-order valence-corrected chi connectivity index (χ3v) is 4.12. The summed E-state index contributed by atoms with van der Waals surface area (Å²) in [5, 5.41) is 10.6. The quantitative estimate of drug-likeness (QED) is 0.620. The molecule has 9 heteroatoms. The molecule has 0 aliphatic rings. The summed E-state index contributed by atoms with van der Waals surface area (Å²) in [6, 6.07) is 3.21. The van der Waals surface area contributed by atoms with Gasteiger partial charge < -0.3 is 5.73 Å². The van der Waals surface area contributed by atoms with E-state index in [1.165, 1.54) is 19.1 Å². The molecule has 3 N–H and O–H groups in total. The molecule has 0 unspecified atom stereocenters. The molecule has 0 amide bonds. The number of nitro benzene ring substituents is 1.